The molecule has 4 atom stereocenters. The molecule has 1 fully saturated rings. The highest BCUT2D eigenvalue weighted by atomic mass is 16.4. The first-order valence-corrected chi connectivity index (χ1v) is 8.58. The smallest absolute Gasteiger partial charge is 0.307 e. The van der Waals surface area contributed by atoms with Gasteiger partial charge < -0.3 is 5.11 Å². The number of carbonyl (C=O) groups is 1. The lowest BCUT2D eigenvalue weighted by Gasteiger charge is -2.49. The summed E-state index contributed by atoms with van der Waals surface area (Å²) in [4.78, 5) is 10.9. The van der Waals surface area contributed by atoms with E-state index >= 15 is 0 Å². The minimum Gasteiger partial charge on any atom is -0.481 e. The van der Waals surface area contributed by atoms with Crippen LogP contribution in [0.1, 0.15) is 55.2 Å². The van der Waals surface area contributed by atoms with Crippen LogP contribution in [-0.4, -0.2) is 11.1 Å². The summed E-state index contributed by atoms with van der Waals surface area (Å²) in [5.41, 5.74) is 4.31. The quantitative estimate of drug-likeness (QED) is 0.824. The van der Waals surface area contributed by atoms with Crippen LogP contribution in [0.5, 0.6) is 0 Å². The number of hydrogen-bond donors (Lipinski definition) is 1. The van der Waals surface area contributed by atoms with Gasteiger partial charge in [0.1, 0.15) is 0 Å². The predicted molar refractivity (Wildman–Crippen MR) is 86.9 cm³/mol. The van der Waals surface area contributed by atoms with Gasteiger partial charge in [0.15, 0.2) is 0 Å². The predicted octanol–water partition coefficient (Wildman–Crippen LogP) is 4.34. The van der Waals surface area contributed by atoms with Crippen LogP contribution in [0.15, 0.2) is 30.4 Å². The first-order chi connectivity index (χ1) is 10.6. The van der Waals surface area contributed by atoms with Crippen molar-refractivity contribution in [2.75, 3.05) is 0 Å². The summed E-state index contributed by atoms with van der Waals surface area (Å²) in [7, 11) is 0. The average molecular weight is 296 g/mol. The molecule has 0 radical (unpaired) electrons. The van der Waals surface area contributed by atoms with Gasteiger partial charge >= 0.3 is 5.97 Å². The molecule has 0 amide bonds. The van der Waals surface area contributed by atoms with Crippen molar-refractivity contribution in [1.29, 1.82) is 0 Å². The van der Waals surface area contributed by atoms with Crippen LogP contribution in [-0.2, 0) is 17.6 Å². The standard InChI is InChI=1S/C20H24O2/c1-20-9-2-3-18(20)17-7-5-14-11-13(12-19(21)22)4-6-15(14)16(17)8-10-20/h2,4,6,9,11,16-18H,3,5,7-8,10,12H2,1H3,(H,21,22)/t16?,17?,18?,20-/m0/s1. The number of aliphatic carboxylic acids is 1. The molecule has 2 nitrogen and oxygen atoms in total. The van der Waals surface area contributed by atoms with Crippen LogP contribution in [0, 0.1) is 17.3 Å². The second kappa shape index (κ2) is 4.97. The first-order valence-electron chi connectivity index (χ1n) is 8.58. The zero-order valence-corrected chi connectivity index (χ0v) is 13.2. The third-order valence-electron chi connectivity index (χ3n) is 6.47. The number of allylic oxidation sites excluding steroid dienone is 2. The third kappa shape index (κ3) is 2.12. The molecule has 1 N–H and O–H groups in total. The molecule has 0 aliphatic heterocycles. The molecule has 0 spiro atoms. The Bertz CT molecular complexity index is 645. The Kier molecular flexibility index (Phi) is 3.18. The summed E-state index contributed by atoms with van der Waals surface area (Å²) in [5.74, 6) is 1.59. The number of fused-ring (bicyclic) bond motifs is 5. The zero-order valence-electron chi connectivity index (χ0n) is 13.2. The van der Waals surface area contributed by atoms with Gasteiger partial charge in [0.25, 0.3) is 0 Å². The molecule has 1 saturated carbocycles. The van der Waals surface area contributed by atoms with E-state index in [-0.39, 0.29) is 6.42 Å². The minimum atomic E-state index is -0.737. The molecule has 1 aromatic rings. The summed E-state index contributed by atoms with van der Waals surface area (Å²) in [5, 5.41) is 8.98. The SMILES string of the molecule is C[C@@]12C=CCC1C1CCc3cc(CC(=O)O)ccc3C1CC2. The Morgan fingerprint density at radius 2 is 2.23 bits per heavy atom. The fraction of sp³-hybridized carbons (Fsp3) is 0.550. The van der Waals surface area contributed by atoms with Crippen molar-refractivity contribution in [3.8, 4) is 0 Å². The molecule has 0 bridgehead atoms. The van der Waals surface area contributed by atoms with Crippen molar-refractivity contribution in [3.05, 3.63) is 47.0 Å². The van der Waals surface area contributed by atoms with E-state index in [2.05, 4.69) is 31.2 Å². The average Bonchev–Trinajstić information content (AvgIpc) is 2.88. The van der Waals surface area contributed by atoms with Gasteiger partial charge in [-0.15, -0.1) is 0 Å². The fourth-order valence-corrected chi connectivity index (χ4v) is 5.40. The number of rotatable bonds is 2. The first kappa shape index (κ1) is 14.0. The molecular weight excluding hydrogens is 272 g/mol. The molecular formula is C20H24O2. The lowest BCUT2D eigenvalue weighted by atomic mass is 9.56. The summed E-state index contributed by atoms with van der Waals surface area (Å²) in [6.45, 7) is 2.45. The van der Waals surface area contributed by atoms with Crippen LogP contribution in [0.3, 0.4) is 0 Å². The van der Waals surface area contributed by atoms with E-state index in [1.165, 1.54) is 36.8 Å². The van der Waals surface area contributed by atoms with E-state index in [0.29, 0.717) is 11.3 Å². The van der Waals surface area contributed by atoms with Crippen LogP contribution >= 0.6 is 0 Å². The third-order valence-corrected chi connectivity index (χ3v) is 6.47. The van der Waals surface area contributed by atoms with Crippen molar-refractivity contribution < 1.29 is 9.90 Å². The molecule has 4 rings (SSSR count). The summed E-state index contributed by atoms with van der Waals surface area (Å²) < 4.78 is 0. The molecule has 0 saturated heterocycles. The van der Waals surface area contributed by atoms with Crippen LogP contribution < -0.4 is 0 Å². The molecule has 22 heavy (non-hydrogen) atoms. The van der Waals surface area contributed by atoms with Crippen molar-refractivity contribution in [2.24, 2.45) is 17.3 Å². The Balaban J connectivity index is 1.64. The van der Waals surface area contributed by atoms with E-state index in [9.17, 15) is 4.79 Å². The van der Waals surface area contributed by atoms with Gasteiger partial charge in [-0.3, -0.25) is 4.79 Å². The summed E-state index contributed by atoms with van der Waals surface area (Å²) in [6, 6.07) is 6.42. The maximum absolute atomic E-state index is 10.9. The molecule has 2 heteroatoms. The van der Waals surface area contributed by atoms with Gasteiger partial charge in [-0.1, -0.05) is 37.3 Å². The van der Waals surface area contributed by atoms with Crippen LogP contribution in [0.25, 0.3) is 0 Å². The zero-order chi connectivity index (χ0) is 15.3. The molecule has 3 unspecified atom stereocenters. The number of carboxylic acids is 1. The second-order valence-corrected chi connectivity index (χ2v) is 7.70. The van der Waals surface area contributed by atoms with E-state index in [4.69, 9.17) is 5.11 Å². The van der Waals surface area contributed by atoms with Crippen LogP contribution in [0.2, 0.25) is 0 Å². The van der Waals surface area contributed by atoms with E-state index in [1.807, 2.05) is 6.07 Å². The van der Waals surface area contributed by atoms with Crippen molar-refractivity contribution in [1.82, 2.24) is 0 Å². The maximum Gasteiger partial charge on any atom is 0.307 e. The minimum absolute atomic E-state index is 0.145. The summed E-state index contributed by atoms with van der Waals surface area (Å²) >= 11 is 0. The van der Waals surface area contributed by atoms with Crippen molar-refractivity contribution in [3.63, 3.8) is 0 Å². The summed E-state index contributed by atoms with van der Waals surface area (Å²) in [6.07, 6.45) is 11.2. The van der Waals surface area contributed by atoms with E-state index < -0.39 is 5.97 Å². The molecule has 0 aromatic heterocycles. The van der Waals surface area contributed by atoms with Gasteiger partial charge in [0, 0.05) is 0 Å². The van der Waals surface area contributed by atoms with Gasteiger partial charge in [-0.05, 0) is 72.0 Å². The topological polar surface area (TPSA) is 37.3 Å². The number of hydrogen-bond acceptors (Lipinski definition) is 1. The monoisotopic (exact) mass is 296 g/mol. The highest BCUT2D eigenvalue weighted by molar-refractivity contribution is 5.70. The van der Waals surface area contributed by atoms with Crippen LogP contribution in [0.4, 0.5) is 0 Å². The van der Waals surface area contributed by atoms with E-state index in [0.717, 1.165) is 23.8 Å². The largest absolute Gasteiger partial charge is 0.481 e. The highest BCUT2D eigenvalue weighted by Crippen LogP contribution is 2.58. The Labute approximate surface area is 132 Å². The Morgan fingerprint density at radius 1 is 1.36 bits per heavy atom. The Hall–Kier alpha value is -1.57. The molecule has 0 heterocycles. The normalized spacial score (nSPS) is 35.6. The highest BCUT2D eigenvalue weighted by Gasteiger charge is 2.48. The van der Waals surface area contributed by atoms with Gasteiger partial charge in [0.2, 0.25) is 0 Å². The Morgan fingerprint density at radius 3 is 3.05 bits per heavy atom. The van der Waals surface area contributed by atoms with Crippen molar-refractivity contribution >= 4 is 5.97 Å². The number of carboxylic acid groups (broad SMARTS) is 1. The number of benzene rings is 1. The molecule has 1 aromatic carbocycles. The van der Waals surface area contributed by atoms with Crippen molar-refractivity contribution in [2.45, 2.75) is 51.4 Å². The fourth-order valence-electron chi connectivity index (χ4n) is 5.40. The lowest BCUT2D eigenvalue weighted by molar-refractivity contribution is -0.136. The van der Waals surface area contributed by atoms with Gasteiger partial charge in [-0.25, -0.2) is 0 Å². The molecule has 116 valence electrons. The molecule has 3 aliphatic rings. The van der Waals surface area contributed by atoms with Gasteiger partial charge in [-0.2, -0.15) is 0 Å². The van der Waals surface area contributed by atoms with E-state index in [1.54, 1.807) is 0 Å². The van der Waals surface area contributed by atoms with Gasteiger partial charge in [0.05, 0.1) is 6.42 Å². The maximum atomic E-state index is 10.9. The number of aryl methyl sites for hydroxylation is 1. The second-order valence-electron chi connectivity index (χ2n) is 7.70. The molecule has 3 aliphatic carbocycles. The lowest BCUT2D eigenvalue weighted by Crippen LogP contribution is -2.39.